The van der Waals surface area contributed by atoms with Crippen LogP contribution in [-0.2, 0) is 0 Å². The van der Waals surface area contributed by atoms with Crippen LogP contribution in [0.25, 0.3) is 0 Å². The molecule has 1 aromatic rings. The van der Waals surface area contributed by atoms with Gasteiger partial charge in [-0.2, -0.15) is 0 Å². The Morgan fingerprint density at radius 3 is 2.88 bits per heavy atom. The van der Waals surface area contributed by atoms with Gasteiger partial charge in [0.05, 0.1) is 11.0 Å². The molecule has 0 fully saturated rings. The van der Waals surface area contributed by atoms with Gasteiger partial charge in [-0.15, -0.1) is 0 Å². The SMILES string of the molecule is C[C@H](O)c1ccns1. The van der Waals surface area contributed by atoms with Gasteiger partial charge in [0.25, 0.3) is 0 Å². The molecule has 8 heavy (non-hydrogen) atoms. The van der Waals surface area contributed by atoms with Gasteiger partial charge in [0, 0.05) is 6.20 Å². The van der Waals surface area contributed by atoms with Crippen molar-refractivity contribution >= 4 is 11.5 Å². The lowest BCUT2D eigenvalue weighted by Gasteiger charge is -1.93. The zero-order chi connectivity index (χ0) is 5.98. The molecule has 1 N–H and O–H groups in total. The van der Waals surface area contributed by atoms with Crippen molar-refractivity contribution in [3.8, 4) is 0 Å². The minimum Gasteiger partial charge on any atom is -0.388 e. The fourth-order valence-electron chi connectivity index (χ4n) is 0.441. The van der Waals surface area contributed by atoms with Crippen LogP contribution in [0.2, 0.25) is 0 Å². The van der Waals surface area contributed by atoms with E-state index in [2.05, 4.69) is 4.37 Å². The average Bonchev–Trinajstić information content (AvgIpc) is 2.12. The molecule has 0 unspecified atom stereocenters. The van der Waals surface area contributed by atoms with E-state index in [1.807, 2.05) is 6.07 Å². The van der Waals surface area contributed by atoms with Crippen molar-refractivity contribution < 1.29 is 5.11 Å². The Labute approximate surface area is 52.0 Å². The second-order valence-corrected chi connectivity index (χ2v) is 2.46. The molecule has 0 aliphatic carbocycles. The van der Waals surface area contributed by atoms with Crippen molar-refractivity contribution in [2.24, 2.45) is 0 Å². The van der Waals surface area contributed by atoms with E-state index in [1.54, 1.807) is 13.1 Å². The smallest absolute Gasteiger partial charge is 0.0869 e. The topological polar surface area (TPSA) is 33.1 Å². The Kier molecular flexibility index (Phi) is 1.60. The molecule has 1 aromatic heterocycles. The Balaban J connectivity index is 2.77. The molecule has 1 rings (SSSR count). The lowest BCUT2D eigenvalue weighted by molar-refractivity contribution is 0.203. The first kappa shape index (κ1) is 5.72. The van der Waals surface area contributed by atoms with Crippen LogP contribution >= 0.6 is 11.5 Å². The van der Waals surface area contributed by atoms with Gasteiger partial charge in [-0.1, -0.05) is 0 Å². The quantitative estimate of drug-likeness (QED) is 0.618. The van der Waals surface area contributed by atoms with Gasteiger partial charge in [0.1, 0.15) is 0 Å². The molecule has 1 atom stereocenters. The fourth-order valence-corrected chi connectivity index (χ4v) is 0.959. The van der Waals surface area contributed by atoms with Gasteiger partial charge < -0.3 is 5.11 Å². The number of hydrogen-bond acceptors (Lipinski definition) is 3. The molecule has 3 heteroatoms. The van der Waals surface area contributed by atoms with E-state index in [4.69, 9.17) is 5.11 Å². The zero-order valence-corrected chi connectivity index (χ0v) is 5.35. The third-order valence-electron chi connectivity index (χ3n) is 0.870. The van der Waals surface area contributed by atoms with Crippen LogP contribution < -0.4 is 0 Å². The maximum absolute atomic E-state index is 8.88. The van der Waals surface area contributed by atoms with Crippen LogP contribution in [0.4, 0.5) is 0 Å². The second-order valence-electron chi connectivity index (χ2n) is 1.59. The van der Waals surface area contributed by atoms with Gasteiger partial charge in [0.2, 0.25) is 0 Å². The summed E-state index contributed by atoms with van der Waals surface area (Å²) < 4.78 is 3.83. The first-order valence-corrected chi connectivity index (χ1v) is 3.16. The summed E-state index contributed by atoms with van der Waals surface area (Å²) >= 11 is 1.33. The largest absolute Gasteiger partial charge is 0.388 e. The molecular formula is C5H7NOS. The summed E-state index contributed by atoms with van der Waals surface area (Å²) in [5, 5.41) is 8.88. The van der Waals surface area contributed by atoms with Crippen molar-refractivity contribution in [1.82, 2.24) is 4.37 Å². The van der Waals surface area contributed by atoms with Gasteiger partial charge in [-0.05, 0) is 24.5 Å². The molecule has 0 aromatic carbocycles. The summed E-state index contributed by atoms with van der Waals surface area (Å²) in [7, 11) is 0. The fraction of sp³-hybridized carbons (Fsp3) is 0.400. The summed E-state index contributed by atoms with van der Waals surface area (Å²) in [6.45, 7) is 1.73. The van der Waals surface area contributed by atoms with E-state index in [-0.39, 0.29) is 6.10 Å². The van der Waals surface area contributed by atoms with Crippen molar-refractivity contribution in [3.05, 3.63) is 17.1 Å². The highest BCUT2D eigenvalue weighted by Gasteiger charge is 1.99. The standard InChI is InChI=1S/C5H7NOS/c1-4(7)5-2-3-6-8-5/h2-4,7H,1H3/t4-/m0/s1. The number of rotatable bonds is 1. The highest BCUT2D eigenvalue weighted by molar-refractivity contribution is 7.05. The normalized spacial score (nSPS) is 13.8. The Hall–Kier alpha value is -0.410. The molecule has 0 amide bonds. The number of nitrogens with zero attached hydrogens (tertiary/aromatic N) is 1. The van der Waals surface area contributed by atoms with E-state index in [0.29, 0.717) is 0 Å². The molecule has 0 aliphatic rings. The van der Waals surface area contributed by atoms with Gasteiger partial charge >= 0.3 is 0 Å². The molecule has 0 bridgehead atoms. The average molecular weight is 129 g/mol. The highest BCUT2D eigenvalue weighted by Crippen LogP contribution is 2.14. The first-order valence-electron chi connectivity index (χ1n) is 2.39. The van der Waals surface area contributed by atoms with Crippen molar-refractivity contribution in [2.45, 2.75) is 13.0 Å². The highest BCUT2D eigenvalue weighted by atomic mass is 32.1. The van der Waals surface area contributed by atoms with E-state index in [0.717, 1.165) is 4.88 Å². The molecule has 2 nitrogen and oxygen atoms in total. The third kappa shape index (κ3) is 1.05. The molecule has 0 radical (unpaired) electrons. The lowest BCUT2D eigenvalue weighted by Crippen LogP contribution is -1.82. The predicted octanol–water partition coefficient (Wildman–Crippen LogP) is 1.20. The Morgan fingerprint density at radius 1 is 1.88 bits per heavy atom. The number of aromatic nitrogens is 1. The van der Waals surface area contributed by atoms with Crippen LogP contribution in [0.15, 0.2) is 12.3 Å². The van der Waals surface area contributed by atoms with E-state index < -0.39 is 0 Å². The number of hydrogen-bond donors (Lipinski definition) is 1. The molecule has 0 saturated heterocycles. The van der Waals surface area contributed by atoms with Crippen molar-refractivity contribution in [2.75, 3.05) is 0 Å². The summed E-state index contributed by atoms with van der Waals surface area (Å²) in [5.74, 6) is 0. The predicted molar refractivity (Wildman–Crippen MR) is 32.7 cm³/mol. The Bertz CT molecular complexity index is 147. The summed E-state index contributed by atoms with van der Waals surface area (Å²) in [6, 6.07) is 1.81. The van der Waals surface area contributed by atoms with Gasteiger partial charge in [-0.25, -0.2) is 4.37 Å². The maximum Gasteiger partial charge on any atom is 0.0869 e. The van der Waals surface area contributed by atoms with Crippen LogP contribution in [0.1, 0.15) is 17.9 Å². The molecule has 0 saturated carbocycles. The molecule has 0 spiro atoms. The summed E-state index contributed by atoms with van der Waals surface area (Å²) in [6.07, 6.45) is 1.33. The van der Waals surface area contributed by atoms with Crippen LogP contribution in [0, 0.1) is 0 Å². The van der Waals surface area contributed by atoms with E-state index in [1.165, 1.54) is 11.5 Å². The zero-order valence-electron chi connectivity index (χ0n) is 4.53. The summed E-state index contributed by atoms with van der Waals surface area (Å²) in [5.41, 5.74) is 0. The molecule has 44 valence electrons. The lowest BCUT2D eigenvalue weighted by atomic mass is 10.3. The Morgan fingerprint density at radius 2 is 2.62 bits per heavy atom. The van der Waals surface area contributed by atoms with Crippen LogP contribution in [0.5, 0.6) is 0 Å². The summed E-state index contributed by atoms with van der Waals surface area (Å²) in [4.78, 5) is 0.921. The minimum absolute atomic E-state index is 0.359. The number of aliphatic hydroxyl groups excluding tert-OH is 1. The van der Waals surface area contributed by atoms with Crippen molar-refractivity contribution in [3.63, 3.8) is 0 Å². The maximum atomic E-state index is 8.88. The molecular weight excluding hydrogens is 122 g/mol. The van der Waals surface area contributed by atoms with E-state index >= 15 is 0 Å². The van der Waals surface area contributed by atoms with Gasteiger partial charge in [0.15, 0.2) is 0 Å². The van der Waals surface area contributed by atoms with Gasteiger partial charge in [-0.3, -0.25) is 0 Å². The molecule has 1 heterocycles. The van der Waals surface area contributed by atoms with E-state index in [9.17, 15) is 0 Å². The minimum atomic E-state index is -0.359. The first-order chi connectivity index (χ1) is 3.80. The number of aliphatic hydroxyl groups is 1. The van der Waals surface area contributed by atoms with Crippen molar-refractivity contribution in [1.29, 1.82) is 0 Å². The monoisotopic (exact) mass is 129 g/mol. The van der Waals surface area contributed by atoms with Crippen LogP contribution in [0.3, 0.4) is 0 Å². The second kappa shape index (κ2) is 2.24. The molecule has 0 aliphatic heterocycles. The third-order valence-corrected chi connectivity index (χ3v) is 1.78. The van der Waals surface area contributed by atoms with Crippen LogP contribution in [-0.4, -0.2) is 9.48 Å².